The van der Waals surface area contributed by atoms with Gasteiger partial charge < -0.3 is 10.2 Å². The number of carbonyl (C=O) groups is 1. The Morgan fingerprint density at radius 3 is 2.21 bits per heavy atom. The molecule has 82 valence electrons. The Labute approximate surface area is 94.7 Å². The molecule has 0 unspecified atom stereocenters. The molecule has 0 aliphatic heterocycles. The number of carbonyl (C=O) groups excluding carboxylic acids is 1. The average Bonchev–Trinajstić information content (AvgIpc) is 2.11. The number of hydrogen-bond donors (Lipinski definition) is 1. The van der Waals surface area contributed by atoms with Crippen molar-refractivity contribution in [3.8, 4) is 0 Å². The van der Waals surface area contributed by atoms with Crippen LogP contribution in [0.4, 0.5) is 4.79 Å². The Morgan fingerprint density at radius 2 is 1.86 bits per heavy atom. The molecule has 0 aromatic rings. The van der Waals surface area contributed by atoms with Crippen LogP contribution < -0.4 is 5.32 Å². The molecule has 1 N–H and O–H groups in total. The van der Waals surface area contributed by atoms with Gasteiger partial charge in [0, 0.05) is 30.9 Å². The minimum Gasteiger partial charge on any atom is -0.335 e. The highest BCUT2D eigenvalue weighted by Gasteiger charge is 2.21. The molecular formula is C9H16Cl2N2O. The molecule has 1 aliphatic rings. The van der Waals surface area contributed by atoms with E-state index in [1.807, 2.05) is 0 Å². The highest BCUT2D eigenvalue weighted by Crippen LogP contribution is 2.18. The van der Waals surface area contributed by atoms with Crippen molar-refractivity contribution in [1.29, 1.82) is 0 Å². The van der Waals surface area contributed by atoms with E-state index in [4.69, 9.17) is 23.2 Å². The second-order valence-electron chi connectivity index (χ2n) is 3.44. The number of amides is 2. The van der Waals surface area contributed by atoms with E-state index >= 15 is 0 Å². The van der Waals surface area contributed by atoms with Gasteiger partial charge in [-0.3, -0.25) is 0 Å². The molecule has 0 spiro atoms. The highest BCUT2D eigenvalue weighted by molar-refractivity contribution is 6.18. The summed E-state index contributed by atoms with van der Waals surface area (Å²) in [6, 6.07) is 0.339. The summed E-state index contributed by atoms with van der Waals surface area (Å²) in [5.74, 6) is 0.907. The maximum absolute atomic E-state index is 11.6. The van der Waals surface area contributed by atoms with Gasteiger partial charge in [-0.2, -0.15) is 0 Å². The van der Waals surface area contributed by atoms with Crippen LogP contribution in [0.15, 0.2) is 0 Å². The van der Waals surface area contributed by atoms with Gasteiger partial charge in [-0.05, 0) is 19.3 Å². The highest BCUT2D eigenvalue weighted by atomic mass is 35.5. The lowest BCUT2D eigenvalue weighted by Crippen LogP contribution is -2.48. The molecule has 0 aromatic carbocycles. The summed E-state index contributed by atoms with van der Waals surface area (Å²) in [5.41, 5.74) is 0. The van der Waals surface area contributed by atoms with E-state index < -0.39 is 0 Å². The van der Waals surface area contributed by atoms with Gasteiger partial charge in [-0.25, -0.2) is 4.79 Å². The van der Waals surface area contributed by atoms with Crippen LogP contribution in [-0.4, -0.2) is 41.8 Å². The molecule has 0 heterocycles. The fraction of sp³-hybridized carbons (Fsp3) is 0.889. The minimum atomic E-state index is -0.0315. The van der Waals surface area contributed by atoms with Gasteiger partial charge in [0.15, 0.2) is 0 Å². The number of halogens is 2. The molecule has 1 saturated carbocycles. The average molecular weight is 239 g/mol. The lowest BCUT2D eigenvalue weighted by molar-refractivity contribution is 0.192. The van der Waals surface area contributed by atoms with Gasteiger partial charge in [0.25, 0.3) is 0 Å². The van der Waals surface area contributed by atoms with E-state index in [1.165, 1.54) is 6.42 Å². The topological polar surface area (TPSA) is 32.3 Å². The summed E-state index contributed by atoms with van der Waals surface area (Å²) < 4.78 is 0. The van der Waals surface area contributed by atoms with Crippen LogP contribution >= 0.6 is 23.2 Å². The van der Waals surface area contributed by atoms with Crippen molar-refractivity contribution < 1.29 is 4.79 Å². The van der Waals surface area contributed by atoms with E-state index in [0.29, 0.717) is 30.9 Å². The quantitative estimate of drug-likeness (QED) is 0.731. The summed E-state index contributed by atoms with van der Waals surface area (Å²) in [6.45, 7) is 1.12. The third-order valence-electron chi connectivity index (χ3n) is 2.43. The molecule has 0 radical (unpaired) electrons. The van der Waals surface area contributed by atoms with Crippen molar-refractivity contribution in [2.45, 2.75) is 25.3 Å². The predicted octanol–water partition coefficient (Wildman–Crippen LogP) is 2.03. The van der Waals surface area contributed by atoms with Crippen molar-refractivity contribution in [2.24, 2.45) is 0 Å². The van der Waals surface area contributed by atoms with Crippen LogP contribution in [0.5, 0.6) is 0 Å². The molecule has 2 amide bonds. The van der Waals surface area contributed by atoms with Crippen LogP contribution in [0.1, 0.15) is 19.3 Å². The first-order valence-electron chi connectivity index (χ1n) is 4.95. The van der Waals surface area contributed by atoms with Crippen LogP contribution in [0, 0.1) is 0 Å². The van der Waals surface area contributed by atoms with E-state index in [0.717, 1.165) is 12.8 Å². The molecule has 1 rings (SSSR count). The normalized spacial score (nSPS) is 16.1. The first-order chi connectivity index (χ1) is 6.77. The van der Waals surface area contributed by atoms with Crippen LogP contribution in [-0.2, 0) is 0 Å². The summed E-state index contributed by atoms with van der Waals surface area (Å²) >= 11 is 11.2. The van der Waals surface area contributed by atoms with Crippen molar-refractivity contribution >= 4 is 29.2 Å². The molecule has 1 fully saturated rings. The van der Waals surface area contributed by atoms with Gasteiger partial charge in [-0.15, -0.1) is 23.2 Å². The zero-order valence-corrected chi connectivity index (χ0v) is 9.65. The predicted molar refractivity (Wildman–Crippen MR) is 59.2 cm³/mol. The molecule has 0 bridgehead atoms. The third kappa shape index (κ3) is 3.54. The number of rotatable bonds is 5. The number of nitrogens with one attached hydrogen (secondary N) is 1. The molecule has 0 saturated heterocycles. The van der Waals surface area contributed by atoms with Crippen molar-refractivity contribution in [3.63, 3.8) is 0 Å². The number of alkyl halides is 2. The van der Waals surface area contributed by atoms with E-state index in [-0.39, 0.29) is 6.03 Å². The van der Waals surface area contributed by atoms with Crippen molar-refractivity contribution in [1.82, 2.24) is 10.2 Å². The first kappa shape index (κ1) is 11.9. The van der Waals surface area contributed by atoms with Gasteiger partial charge in [0.05, 0.1) is 0 Å². The second-order valence-corrected chi connectivity index (χ2v) is 4.20. The molecule has 14 heavy (non-hydrogen) atoms. The lowest BCUT2D eigenvalue weighted by atomic mass is 9.93. The third-order valence-corrected chi connectivity index (χ3v) is 2.77. The minimum absolute atomic E-state index is 0.0315. The van der Waals surface area contributed by atoms with Crippen LogP contribution in [0.3, 0.4) is 0 Å². The summed E-state index contributed by atoms with van der Waals surface area (Å²) in [5, 5.41) is 2.96. The first-order valence-corrected chi connectivity index (χ1v) is 6.02. The summed E-state index contributed by atoms with van der Waals surface area (Å²) in [6.07, 6.45) is 3.42. The Kier molecular flexibility index (Phi) is 5.41. The fourth-order valence-electron chi connectivity index (χ4n) is 1.34. The standard InChI is InChI=1S/C9H16Cl2N2O/c10-4-6-13(7-5-11)9(14)12-8-2-1-3-8/h8H,1-7H2,(H,12,14). The van der Waals surface area contributed by atoms with Gasteiger partial charge >= 0.3 is 6.03 Å². The maximum Gasteiger partial charge on any atom is 0.317 e. The zero-order chi connectivity index (χ0) is 10.4. The zero-order valence-electron chi connectivity index (χ0n) is 8.14. The van der Waals surface area contributed by atoms with Gasteiger partial charge in [0.1, 0.15) is 0 Å². The smallest absolute Gasteiger partial charge is 0.317 e. The lowest BCUT2D eigenvalue weighted by Gasteiger charge is -2.30. The fourth-order valence-corrected chi connectivity index (χ4v) is 1.75. The Bertz CT molecular complexity index is 180. The van der Waals surface area contributed by atoms with E-state index in [1.54, 1.807) is 4.90 Å². The van der Waals surface area contributed by atoms with Crippen LogP contribution in [0.25, 0.3) is 0 Å². The van der Waals surface area contributed by atoms with Crippen LogP contribution in [0.2, 0.25) is 0 Å². The number of urea groups is 1. The molecule has 1 aliphatic carbocycles. The number of hydrogen-bond acceptors (Lipinski definition) is 1. The molecule has 3 nitrogen and oxygen atoms in total. The molecule has 5 heteroatoms. The van der Waals surface area contributed by atoms with E-state index in [9.17, 15) is 4.79 Å². The SMILES string of the molecule is O=C(NC1CCC1)N(CCCl)CCCl. The molecular weight excluding hydrogens is 223 g/mol. The van der Waals surface area contributed by atoms with Gasteiger partial charge in [0.2, 0.25) is 0 Å². The Morgan fingerprint density at radius 1 is 1.29 bits per heavy atom. The second kappa shape index (κ2) is 6.36. The maximum atomic E-state index is 11.6. The van der Waals surface area contributed by atoms with Crippen molar-refractivity contribution in [2.75, 3.05) is 24.8 Å². The monoisotopic (exact) mass is 238 g/mol. The summed E-state index contributed by atoms with van der Waals surface area (Å²) in [7, 11) is 0. The number of nitrogens with zero attached hydrogens (tertiary/aromatic N) is 1. The van der Waals surface area contributed by atoms with E-state index in [2.05, 4.69) is 5.32 Å². The Hall–Kier alpha value is -0.150. The van der Waals surface area contributed by atoms with Gasteiger partial charge in [-0.1, -0.05) is 0 Å². The molecule has 0 aromatic heterocycles. The largest absolute Gasteiger partial charge is 0.335 e. The molecule has 0 atom stereocenters. The van der Waals surface area contributed by atoms with Crippen molar-refractivity contribution in [3.05, 3.63) is 0 Å². The summed E-state index contributed by atoms with van der Waals surface area (Å²) in [4.78, 5) is 13.3. The Balaban J connectivity index is 2.28.